The number of benzene rings is 1. The first-order valence-electron chi connectivity index (χ1n) is 9.02. The number of rotatable bonds is 6. The SMILES string of the molecule is CC(C)C(c1ccccc1)N(CC1CCC2OC2C1)C(C)C. The Kier molecular flexibility index (Phi) is 4.89. The van der Waals surface area contributed by atoms with Gasteiger partial charge in [-0.25, -0.2) is 0 Å². The van der Waals surface area contributed by atoms with Crippen molar-refractivity contribution in [3.05, 3.63) is 35.9 Å². The molecule has 2 aliphatic rings. The second-order valence-corrected chi connectivity index (χ2v) is 7.78. The Balaban J connectivity index is 1.75. The van der Waals surface area contributed by atoms with Gasteiger partial charge in [-0.15, -0.1) is 0 Å². The Bertz CT molecular complexity index is 470. The molecule has 1 aliphatic heterocycles. The van der Waals surface area contributed by atoms with E-state index in [2.05, 4.69) is 62.9 Å². The van der Waals surface area contributed by atoms with Gasteiger partial charge in [0.05, 0.1) is 12.2 Å². The molecule has 0 aromatic heterocycles. The summed E-state index contributed by atoms with van der Waals surface area (Å²) in [7, 11) is 0. The maximum absolute atomic E-state index is 5.72. The van der Waals surface area contributed by atoms with Crippen LogP contribution in [0.4, 0.5) is 0 Å². The van der Waals surface area contributed by atoms with Gasteiger partial charge in [0.25, 0.3) is 0 Å². The van der Waals surface area contributed by atoms with Gasteiger partial charge in [0.15, 0.2) is 0 Å². The Labute approximate surface area is 135 Å². The van der Waals surface area contributed by atoms with Crippen LogP contribution in [0.3, 0.4) is 0 Å². The summed E-state index contributed by atoms with van der Waals surface area (Å²) in [5, 5.41) is 0. The lowest BCUT2D eigenvalue weighted by molar-refractivity contribution is 0.0884. The molecule has 22 heavy (non-hydrogen) atoms. The van der Waals surface area contributed by atoms with Crippen LogP contribution in [0.1, 0.15) is 58.6 Å². The van der Waals surface area contributed by atoms with E-state index in [0.29, 0.717) is 30.2 Å². The fraction of sp³-hybridized carbons (Fsp3) is 0.700. The average Bonchev–Trinajstić information content (AvgIpc) is 3.25. The van der Waals surface area contributed by atoms with Crippen LogP contribution >= 0.6 is 0 Å². The normalized spacial score (nSPS) is 29.0. The number of ether oxygens (including phenoxy) is 1. The summed E-state index contributed by atoms with van der Waals surface area (Å²) in [4.78, 5) is 2.73. The van der Waals surface area contributed by atoms with Crippen LogP contribution in [0.2, 0.25) is 0 Å². The maximum atomic E-state index is 5.72. The lowest BCUT2D eigenvalue weighted by Gasteiger charge is -2.40. The minimum absolute atomic E-state index is 0.513. The van der Waals surface area contributed by atoms with E-state index in [1.807, 2.05) is 0 Å². The van der Waals surface area contributed by atoms with Crippen LogP contribution in [0.5, 0.6) is 0 Å². The van der Waals surface area contributed by atoms with Gasteiger partial charge in [0.2, 0.25) is 0 Å². The van der Waals surface area contributed by atoms with Crippen molar-refractivity contribution in [1.82, 2.24) is 4.90 Å². The molecule has 1 saturated heterocycles. The topological polar surface area (TPSA) is 15.8 Å². The third kappa shape index (κ3) is 3.55. The third-order valence-electron chi connectivity index (χ3n) is 5.37. The van der Waals surface area contributed by atoms with Crippen molar-refractivity contribution in [3.63, 3.8) is 0 Å². The summed E-state index contributed by atoms with van der Waals surface area (Å²) >= 11 is 0. The first-order chi connectivity index (χ1) is 10.6. The third-order valence-corrected chi connectivity index (χ3v) is 5.37. The summed E-state index contributed by atoms with van der Waals surface area (Å²) in [6.45, 7) is 10.6. The van der Waals surface area contributed by atoms with Crippen molar-refractivity contribution in [2.45, 2.75) is 71.2 Å². The van der Waals surface area contributed by atoms with E-state index in [-0.39, 0.29) is 0 Å². The zero-order chi connectivity index (χ0) is 15.7. The van der Waals surface area contributed by atoms with Gasteiger partial charge in [0.1, 0.15) is 0 Å². The number of epoxide rings is 1. The van der Waals surface area contributed by atoms with Crippen molar-refractivity contribution in [2.75, 3.05) is 6.54 Å². The van der Waals surface area contributed by atoms with Crippen LogP contribution in [0.15, 0.2) is 30.3 Å². The molecular formula is C20H31NO. The smallest absolute Gasteiger partial charge is 0.0845 e. The second kappa shape index (κ2) is 6.72. The van der Waals surface area contributed by atoms with E-state index < -0.39 is 0 Å². The van der Waals surface area contributed by atoms with Crippen molar-refractivity contribution >= 4 is 0 Å². The molecule has 0 N–H and O–H groups in total. The summed E-state index contributed by atoms with van der Waals surface area (Å²) in [5.74, 6) is 1.43. The summed E-state index contributed by atoms with van der Waals surface area (Å²) < 4.78 is 5.72. The van der Waals surface area contributed by atoms with Gasteiger partial charge < -0.3 is 4.74 Å². The lowest BCUT2D eigenvalue weighted by Crippen LogP contribution is -2.41. The highest BCUT2D eigenvalue weighted by Gasteiger charge is 2.44. The highest BCUT2D eigenvalue weighted by atomic mass is 16.6. The Morgan fingerprint density at radius 1 is 1.05 bits per heavy atom. The van der Waals surface area contributed by atoms with Gasteiger partial charge in [-0.05, 0) is 50.5 Å². The summed E-state index contributed by atoms with van der Waals surface area (Å²) in [5.41, 5.74) is 1.46. The molecule has 0 spiro atoms. The Morgan fingerprint density at radius 3 is 2.36 bits per heavy atom. The maximum Gasteiger partial charge on any atom is 0.0845 e. The minimum atomic E-state index is 0.513. The van der Waals surface area contributed by atoms with Crippen LogP contribution in [0.25, 0.3) is 0 Å². The molecule has 1 heterocycles. The predicted octanol–water partition coefficient (Wildman–Crippen LogP) is 4.66. The first-order valence-corrected chi connectivity index (χ1v) is 9.02. The summed E-state index contributed by atoms with van der Waals surface area (Å²) in [6, 6.07) is 12.1. The molecule has 1 aromatic carbocycles. The molecule has 2 fully saturated rings. The molecule has 2 nitrogen and oxygen atoms in total. The molecule has 1 aromatic rings. The quantitative estimate of drug-likeness (QED) is 0.710. The average molecular weight is 301 g/mol. The van der Waals surface area contributed by atoms with Gasteiger partial charge in [-0.3, -0.25) is 4.90 Å². The summed E-state index contributed by atoms with van der Waals surface area (Å²) in [6.07, 6.45) is 5.08. The van der Waals surface area contributed by atoms with E-state index in [1.165, 1.54) is 31.4 Å². The van der Waals surface area contributed by atoms with Crippen molar-refractivity contribution in [3.8, 4) is 0 Å². The first kappa shape index (κ1) is 16.0. The highest BCUT2D eigenvalue weighted by Crippen LogP contribution is 2.41. The second-order valence-electron chi connectivity index (χ2n) is 7.78. The fourth-order valence-corrected chi connectivity index (χ4v) is 4.21. The van der Waals surface area contributed by atoms with E-state index in [1.54, 1.807) is 0 Å². The van der Waals surface area contributed by atoms with Crippen molar-refractivity contribution in [2.24, 2.45) is 11.8 Å². The van der Waals surface area contributed by atoms with Crippen LogP contribution in [-0.4, -0.2) is 29.7 Å². The van der Waals surface area contributed by atoms with Gasteiger partial charge in [-0.1, -0.05) is 44.2 Å². The monoisotopic (exact) mass is 301 g/mol. The highest BCUT2D eigenvalue weighted by molar-refractivity contribution is 5.20. The van der Waals surface area contributed by atoms with Gasteiger partial charge >= 0.3 is 0 Å². The molecule has 3 rings (SSSR count). The Morgan fingerprint density at radius 2 is 1.77 bits per heavy atom. The van der Waals surface area contributed by atoms with Crippen molar-refractivity contribution < 1.29 is 4.74 Å². The Hall–Kier alpha value is -0.860. The van der Waals surface area contributed by atoms with Gasteiger partial charge in [-0.2, -0.15) is 0 Å². The molecule has 1 aliphatic carbocycles. The standard InChI is InChI=1S/C20H31NO/c1-14(2)20(17-8-6-5-7-9-17)21(15(3)4)13-16-10-11-18-19(12-16)22-18/h5-9,14-16,18-20H,10-13H2,1-4H3. The molecule has 0 bridgehead atoms. The van der Waals surface area contributed by atoms with E-state index in [4.69, 9.17) is 4.74 Å². The molecule has 2 heteroatoms. The van der Waals surface area contributed by atoms with E-state index >= 15 is 0 Å². The molecule has 0 radical (unpaired) electrons. The molecule has 122 valence electrons. The van der Waals surface area contributed by atoms with Crippen LogP contribution in [0, 0.1) is 11.8 Å². The molecule has 4 unspecified atom stereocenters. The number of hydrogen-bond donors (Lipinski definition) is 0. The number of nitrogens with zero attached hydrogens (tertiary/aromatic N) is 1. The molecule has 1 saturated carbocycles. The van der Waals surface area contributed by atoms with Crippen molar-refractivity contribution in [1.29, 1.82) is 0 Å². The fourth-order valence-electron chi connectivity index (χ4n) is 4.21. The molecular weight excluding hydrogens is 270 g/mol. The molecule has 0 amide bonds. The zero-order valence-corrected chi connectivity index (χ0v) is 14.5. The van der Waals surface area contributed by atoms with E-state index in [9.17, 15) is 0 Å². The predicted molar refractivity (Wildman–Crippen MR) is 91.9 cm³/mol. The van der Waals surface area contributed by atoms with Crippen LogP contribution < -0.4 is 0 Å². The van der Waals surface area contributed by atoms with E-state index in [0.717, 1.165) is 5.92 Å². The largest absolute Gasteiger partial charge is 0.370 e. The molecule has 4 atom stereocenters. The minimum Gasteiger partial charge on any atom is -0.370 e. The lowest BCUT2D eigenvalue weighted by atomic mass is 9.86. The zero-order valence-electron chi connectivity index (χ0n) is 14.5. The van der Waals surface area contributed by atoms with Crippen LogP contribution in [-0.2, 0) is 4.74 Å². The number of hydrogen-bond acceptors (Lipinski definition) is 2. The van der Waals surface area contributed by atoms with Gasteiger partial charge in [0, 0.05) is 18.6 Å². The number of fused-ring (bicyclic) bond motifs is 1.